The molecule has 0 amide bonds. The van der Waals surface area contributed by atoms with Gasteiger partial charge in [-0.25, -0.2) is 23.3 Å². The Bertz CT molecular complexity index is 1770. The molecule has 3 N–H and O–H groups in total. The second kappa shape index (κ2) is 17.7. The third-order valence-corrected chi connectivity index (χ3v) is 6.71. The number of carboxylic acid groups (broad SMARTS) is 3. The molecular weight excluding hydrogens is 730 g/mol. The molecule has 1 aliphatic heterocycles. The van der Waals surface area contributed by atoms with Crippen LogP contribution in [-0.4, -0.2) is 108 Å². The van der Waals surface area contributed by atoms with Crippen molar-refractivity contribution < 1.29 is 73.6 Å². The lowest BCUT2D eigenvalue weighted by molar-refractivity contribution is -0.193. The van der Waals surface area contributed by atoms with Crippen LogP contribution in [0, 0.1) is 12.7 Å². The molecule has 0 radical (unpaired) electrons. The zero-order valence-electron chi connectivity index (χ0n) is 26.7. The molecule has 12 nitrogen and oxygen atoms in total. The predicted molar refractivity (Wildman–Crippen MR) is 159 cm³/mol. The monoisotopic (exact) mass is 758 g/mol. The number of rotatable bonds is 4. The van der Waals surface area contributed by atoms with E-state index in [1.54, 1.807) is 10.6 Å². The maximum Gasteiger partial charge on any atom is 0.490 e. The second-order valence-corrected chi connectivity index (χ2v) is 10.6. The number of likely N-dealkylation sites (N-methyl/N-ethyl adjacent to an activating group) is 1. The Morgan fingerprint density at radius 1 is 0.788 bits per heavy atom. The van der Waals surface area contributed by atoms with E-state index in [0.717, 1.165) is 59.9 Å². The molecule has 1 atom stereocenters. The van der Waals surface area contributed by atoms with E-state index in [1.807, 2.05) is 37.4 Å². The first-order valence-corrected chi connectivity index (χ1v) is 14.3. The van der Waals surface area contributed by atoms with Gasteiger partial charge < -0.3 is 15.3 Å². The van der Waals surface area contributed by atoms with Crippen molar-refractivity contribution in [2.24, 2.45) is 0 Å². The molecule has 284 valence electrons. The van der Waals surface area contributed by atoms with Gasteiger partial charge in [-0.05, 0) is 49.9 Å². The van der Waals surface area contributed by atoms with E-state index in [9.17, 15) is 43.9 Å². The van der Waals surface area contributed by atoms with Crippen molar-refractivity contribution in [1.29, 1.82) is 0 Å². The molecular formula is C30H28F10N6O6. The average molecular weight is 759 g/mol. The highest BCUT2D eigenvalue weighted by molar-refractivity contribution is 5.73. The largest absolute Gasteiger partial charge is 0.490 e. The van der Waals surface area contributed by atoms with Gasteiger partial charge in [0, 0.05) is 43.6 Å². The molecule has 1 fully saturated rings. The second-order valence-electron chi connectivity index (χ2n) is 10.6. The van der Waals surface area contributed by atoms with Crippen LogP contribution in [0.2, 0.25) is 0 Å². The fourth-order valence-corrected chi connectivity index (χ4v) is 4.28. The molecule has 1 aromatic carbocycles. The molecule has 1 saturated heterocycles. The van der Waals surface area contributed by atoms with E-state index >= 15 is 0 Å². The summed E-state index contributed by atoms with van der Waals surface area (Å²) in [6.45, 7) is 5.67. The molecule has 22 heteroatoms. The Hall–Kier alpha value is -5.38. The number of aromatic nitrogens is 4. The summed E-state index contributed by atoms with van der Waals surface area (Å²) in [6.07, 6.45) is -13.3. The zero-order chi connectivity index (χ0) is 39.6. The van der Waals surface area contributed by atoms with Gasteiger partial charge in [0.25, 0.3) is 0 Å². The predicted octanol–water partition coefficient (Wildman–Crippen LogP) is 5.63. The van der Waals surface area contributed by atoms with E-state index in [1.165, 1.54) is 12.1 Å². The van der Waals surface area contributed by atoms with Gasteiger partial charge in [-0.1, -0.05) is 29.5 Å². The van der Waals surface area contributed by atoms with Gasteiger partial charge in [-0.15, -0.1) is 5.10 Å². The Balaban J connectivity index is 0.000000365. The molecule has 1 unspecified atom stereocenters. The highest BCUT2D eigenvalue weighted by Crippen LogP contribution is 2.28. The van der Waals surface area contributed by atoms with E-state index in [4.69, 9.17) is 29.7 Å². The fourth-order valence-electron chi connectivity index (χ4n) is 4.28. The number of piperazine rings is 1. The van der Waals surface area contributed by atoms with E-state index < -0.39 is 36.4 Å². The zero-order valence-corrected chi connectivity index (χ0v) is 26.7. The quantitative estimate of drug-likeness (QED) is 0.222. The maximum absolute atomic E-state index is 13.6. The normalized spacial score (nSPS) is 15.3. The maximum atomic E-state index is 13.6. The summed E-state index contributed by atoms with van der Waals surface area (Å²) in [5, 5.41) is 30.3. The average Bonchev–Trinajstić information content (AvgIpc) is 3.45. The van der Waals surface area contributed by atoms with Crippen molar-refractivity contribution in [3.8, 4) is 11.1 Å². The van der Waals surface area contributed by atoms with Crippen molar-refractivity contribution in [1.82, 2.24) is 29.6 Å². The van der Waals surface area contributed by atoms with E-state index in [0.29, 0.717) is 0 Å². The molecule has 3 aromatic heterocycles. The number of halogens is 10. The summed E-state index contributed by atoms with van der Waals surface area (Å²) in [6, 6.07) is 17.0. The lowest BCUT2D eigenvalue weighted by Gasteiger charge is -2.38. The molecule has 1 aliphatic rings. The fraction of sp³-hybridized carbons (Fsp3) is 0.333. The van der Waals surface area contributed by atoms with Crippen molar-refractivity contribution in [2.45, 2.75) is 38.0 Å². The number of fused-ring (bicyclic) bond motifs is 1. The lowest BCUT2D eigenvalue weighted by Crippen LogP contribution is -2.46. The number of hydrogen-bond acceptors (Lipinski definition) is 8. The molecule has 5 rings (SSSR count). The number of aryl methyl sites for hydroxylation is 1. The first-order chi connectivity index (χ1) is 23.9. The summed E-state index contributed by atoms with van der Waals surface area (Å²) in [5.41, 5.74) is 5.82. The Labute approximate surface area is 286 Å². The van der Waals surface area contributed by atoms with E-state index in [2.05, 4.69) is 44.3 Å². The van der Waals surface area contributed by atoms with Gasteiger partial charge in [-0.3, -0.25) is 14.8 Å². The summed E-state index contributed by atoms with van der Waals surface area (Å²) in [5.74, 6) is -8.52. The van der Waals surface area contributed by atoms with Gasteiger partial charge in [-0.2, -0.15) is 39.5 Å². The third-order valence-electron chi connectivity index (χ3n) is 6.71. The minimum absolute atomic E-state index is 0.149. The number of carbonyl (C=O) groups is 3. The van der Waals surface area contributed by atoms with E-state index in [-0.39, 0.29) is 11.9 Å². The Kier molecular flexibility index (Phi) is 14.6. The summed E-state index contributed by atoms with van der Waals surface area (Å²) < 4.78 is 111. The summed E-state index contributed by atoms with van der Waals surface area (Å²) in [4.78, 5) is 36.1. The molecule has 0 spiro atoms. The van der Waals surface area contributed by atoms with Crippen LogP contribution in [0.3, 0.4) is 0 Å². The van der Waals surface area contributed by atoms with Crippen LogP contribution >= 0.6 is 0 Å². The minimum atomic E-state index is -5.08. The van der Waals surface area contributed by atoms with Crippen molar-refractivity contribution in [2.75, 3.05) is 26.7 Å². The standard InChI is InChI=1S/C24H25FN6.3C2HF3O2/c1-17-5-3-8-21(26-17)15-30-12-11-29(2)23(16-30)24-22-10-9-19(14-31(22)28-27-24)18-6-4-7-20(25)13-18;3*3-2(4,5)1(6)7/h3-10,13-14,23H,11-12,15-16H2,1-2H3;3*(H,6,7). The van der Waals surface area contributed by atoms with Crippen LogP contribution in [0.4, 0.5) is 43.9 Å². The first kappa shape index (κ1) is 42.8. The molecule has 4 heterocycles. The number of aliphatic carboxylic acids is 3. The third kappa shape index (κ3) is 13.4. The van der Waals surface area contributed by atoms with Gasteiger partial charge >= 0.3 is 36.4 Å². The number of alkyl halides is 9. The Morgan fingerprint density at radius 2 is 1.33 bits per heavy atom. The topological polar surface area (TPSA) is 161 Å². The summed E-state index contributed by atoms with van der Waals surface area (Å²) >= 11 is 0. The van der Waals surface area contributed by atoms with Crippen LogP contribution < -0.4 is 0 Å². The number of nitrogens with zero attached hydrogens (tertiary/aromatic N) is 6. The molecule has 0 bridgehead atoms. The number of carboxylic acids is 3. The molecule has 0 aliphatic carbocycles. The molecule has 0 saturated carbocycles. The van der Waals surface area contributed by atoms with Crippen molar-refractivity contribution in [3.05, 3.63) is 83.7 Å². The van der Waals surface area contributed by atoms with Gasteiger partial charge in [0.2, 0.25) is 0 Å². The van der Waals surface area contributed by atoms with Crippen LogP contribution in [0.15, 0.2) is 60.8 Å². The highest BCUT2D eigenvalue weighted by atomic mass is 19.4. The first-order valence-electron chi connectivity index (χ1n) is 14.3. The van der Waals surface area contributed by atoms with Crippen LogP contribution in [-0.2, 0) is 20.9 Å². The highest BCUT2D eigenvalue weighted by Gasteiger charge is 2.39. The SMILES string of the molecule is Cc1cccc(CN2CCN(C)C(c3nnn4cc(-c5cccc(F)c5)ccc34)C2)n1.O=C(O)C(F)(F)F.O=C(O)C(F)(F)F.O=C(O)C(F)(F)F. The van der Waals surface area contributed by atoms with Crippen LogP contribution in [0.5, 0.6) is 0 Å². The molecule has 52 heavy (non-hydrogen) atoms. The number of hydrogen-bond donors (Lipinski definition) is 3. The van der Waals surface area contributed by atoms with Gasteiger partial charge in [0.15, 0.2) is 0 Å². The van der Waals surface area contributed by atoms with Crippen molar-refractivity contribution in [3.63, 3.8) is 0 Å². The van der Waals surface area contributed by atoms with Crippen molar-refractivity contribution >= 4 is 23.4 Å². The molecule has 4 aromatic rings. The number of pyridine rings is 2. The smallest absolute Gasteiger partial charge is 0.475 e. The summed E-state index contributed by atoms with van der Waals surface area (Å²) in [7, 11) is 2.14. The number of benzene rings is 1. The minimum Gasteiger partial charge on any atom is -0.475 e. The van der Waals surface area contributed by atoms with Gasteiger partial charge in [0.1, 0.15) is 11.5 Å². The Morgan fingerprint density at radius 3 is 1.83 bits per heavy atom. The lowest BCUT2D eigenvalue weighted by atomic mass is 10.1. The van der Waals surface area contributed by atoms with Crippen LogP contribution in [0.1, 0.15) is 23.1 Å². The van der Waals surface area contributed by atoms with Gasteiger partial charge in [0.05, 0.1) is 17.3 Å². The van der Waals surface area contributed by atoms with Crippen LogP contribution in [0.25, 0.3) is 16.6 Å².